The zero-order valence-corrected chi connectivity index (χ0v) is 17.4. The van der Waals surface area contributed by atoms with E-state index in [-0.39, 0.29) is 16.9 Å². The molecule has 1 heterocycles. The largest absolute Gasteiger partial charge is 0.504 e. The summed E-state index contributed by atoms with van der Waals surface area (Å²) in [6, 6.07) is 14.5. The van der Waals surface area contributed by atoms with E-state index in [1.165, 1.54) is 48.5 Å². The second-order valence-electron chi connectivity index (χ2n) is 7.17. The summed E-state index contributed by atoms with van der Waals surface area (Å²) < 4.78 is 44.0. The van der Waals surface area contributed by atoms with E-state index in [2.05, 4.69) is 0 Å². The first-order chi connectivity index (χ1) is 15.5. The summed E-state index contributed by atoms with van der Waals surface area (Å²) in [5, 5.41) is 29.3. The van der Waals surface area contributed by atoms with Gasteiger partial charge in [0.15, 0.2) is 34.7 Å². The Labute approximate surface area is 187 Å². The highest BCUT2D eigenvalue weighted by Crippen LogP contribution is 2.47. The molecule has 0 amide bonds. The van der Waals surface area contributed by atoms with Crippen LogP contribution in [-0.4, -0.2) is 39.9 Å². The summed E-state index contributed by atoms with van der Waals surface area (Å²) in [6.45, 7) is 0. The third-order valence-electron chi connectivity index (χ3n) is 5.08. The van der Waals surface area contributed by atoms with Crippen LogP contribution >= 0.6 is 0 Å². The van der Waals surface area contributed by atoms with Crippen molar-refractivity contribution in [3.63, 3.8) is 0 Å². The summed E-state index contributed by atoms with van der Waals surface area (Å²) in [4.78, 5) is 27.1. The minimum atomic E-state index is -5.30. The Bertz CT molecular complexity index is 1340. The van der Waals surface area contributed by atoms with E-state index in [9.17, 15) is 37.9 Å². The molecule has 0 radical (unpaired) electrons. The van der Waals surface area contributed by atoms with Crippen molar-refractivity contribution in [2.45, 2.75) is 5.79 Å². The number of aromatic hydroxyl groups is 3. The lowest BCUT2D eigenvalue weighted by atomic mass is 9.78. The third kappa shape index (κ3) is 3.89. The Hall–Kier alpha value is -3.93. The van der Waals surface area contributed by atoms with Gasteiger partial charge in [-0.05, 0) is 24.3 Å². The molecule has 3 aromatic rings. The van der Waals surface area contributed by atoms with Gasteiger partial charge in [-0.1, -0.05) is 42.5 Å². The number of ketones is 2. The van der Waals surface area contributed by atoms with Gasteiger partial charge in [0.25, 0.3) is 5.79 Å². The molecule has 0 fully saturated rings. The number of benzene rings is 3. The van der Waals surface area contributed by atoms with Crippen LogP contribution in [0.5, 0.6) is 23.0 Å². The van der Waals surface area contributed by atoms with Crippen molar-refractivity contribution < 1.29 is 46.8 Å². The van der Waals surface area contributed by atoms with Gasteiger partial charge in [-0.3, -0.25) is 14.1 Å². The minimum Gasteiger partial charge on any atom is -0.504 e. The average Bonchev–Trinajstić information content (AvgIpc) is 2.76. The summed E-state index contributed by atoms with van der Waals surface area (Å²) in [5.41, 5.74) is -0.604. The predicted molar refractivity (Wildman–Crippen MR) is 111 cm³/mol. The van der Waals surface area contributed by atoms with Gasteiger partial charge in [-0.15, -0.1) is 0 Å². The highest BCUT2D eigenvalue weighted by Gasteiger charge is 2.58. The summed E-state index contributed by atoms with van der Waals surface area (Å²) in [6.07, 6.45) is 0. The molecule has 0 bridgehead atoms. The van der Waals surface area contributed by atoms with Crippen molar-refractivity contribution >= 4 is 22.0 Å². The van der Waals surface area contributed by atoms with E-state index in [1.807, 2.05) is 0 Å². The molecule has 0 saturated heterocycles. The van der Waals surface area contributed by atoms with Crippen molar-refractivity contribution in [3.05, 3.63) is 83.4 Å². The van der Waals surface area contributed by atoms with Gasteiger partial charge in [0, 0.05) is 11.1 Å². The lowest BCUT2D eigenvalue weighted by Crippen LogP contribution is -2.54. The van der Waals surface area contributed by atoms with Crippen LogP contribution in [0, 0.1) is 5.92 Å². The maximum atomic E-state index is 13.5. The summed E-state index contributed by atoms with van der Waals surface area (Å²) in [5.74, 6) is -9.44. The molecule has 2 atom stereocenters. The Morgan fingerprint density at radius 2 is 1.52 bits per heavy atom. The Morgan fingerprint density at radius 3 is 2.12 bits per heavy atom. The molecule has 4 N–H and O–H groups in total. The predicted octanol–water partition coefficient (Wildman–Crippen LogP) is 2.55. The molecule has 0 aromatic heterocycles. The standard InChI is InChI=1S/C22H16O10S/c23-15-10-12(11-16(24)21(15)27)19(25)18-20(26)14-8-4-5-9-17(14)31-22(18,32-33(28,29)30)13-6-2-1-3-7-13/h1-11,18,23-24,27H,(H,28,29,30). The zero-order valence-electron chi connectivity index (χ0n) is 16.6. The average molecular weight is 472 g/mol. The molecule has 3 aromatic carbocycles. The molecule has 11 heteroatoms. The fourth-order valence-corrected chi connectivity index (χ4v) is 4.22. The van der Waals surface area contributed by atoms with Crippen LogP contribution in [0.15, 0.2) is 66.7 Å². The quantitative estimate of drug-likeness (QED) is 0.187. The van der Waals surface area contributed by atoms with E-state index >= 15 is 0 Å². The number of fused-ring (bicyclic) bond motifs is 1. The number of rotatable bonds is 5. The number of hydrogen-bond acceptors (Lipinski definition) is 9. The van der Waals surface area contributed by atoms with Gasteiger partial charge >= 0.3 is 10.4 Å². The number of Topliss-reactive ketones (excluding diaryl/α,β-unsaturated/α-hetero) is 2. The number of ether oxygens (including phenoxy) is 1. The Balaban J connectivity index is 2.01. The maximum absolute atomic E-state index is 13.5. The van der Waals surface area contributed by atoms with E-state index in [4.69, 9.17) is 8.92 Å². The van der Waals surface area contributed by atoms with Crippen molar-refractivity contribution in [2.75, 3.05) is 0 Å². The molecule has 2 unspecified atom stereocenters. The van der Waals surface area contributed by atoms with E-state index in [1.54, 1.807) is 6.07 Å². The van der Waals surface area contributed by atoms with Gasteiger partial charge in [-0.2, -0.15) is 12.6 Å². The molecule has 0 spiro atoms. The van der Waals surface area contributed by atoms with Crippen molar-refractivity contribution in [2.24, 2.45) is 5.92 Å². The van der Waals surface area contributed by atoms with Crippen LogP contribution in [0.4, 0.5) is 0 Å². The van der Waals surface area contributed by atoms with Gasteiger partial charge in [0.1, 0.15) is 5.75 Å². The van der Waals surface area contributed by atoms with Crippen molar-refractivity contribution in [1.82, 2.24) is 0 Å². The van der Waals surface area contributed by atoms with Crippen LogP contribution in [-0.2, 0) is 20.4 Å². The molecule has 33 heavy (non-hydrogen) atoms. The first-order valence-electron chi connectivity index (χ1n) is 9.38. The number of carbonyl (C=O) groups is 2. The van der Waals surface area contributed by atoms with E-state index < -0.39 is 56.5 Å². The molecular weight excluding hydrogens is 456 g/mol. The normalized spacial score (nSPS) is 20.0. The van der Waals surface area contributed by atoms with Crippen molar-refractivity contribution in [1.29, 1.82) is 0 Å². The van der Waals surface area contributed by atoms with Crippen LogP contribution in [0.1, 0.15) is 26.3 Å². The molecular formula is C22H16O10S. The molecule has 0 saturated carbocycles. The Morgan fingerprint density at radius 1 is 0.939 bits per heavy atom. The van der Waals surface area contributed by atoms with Crippen LogP contribution in [0.2, 0.25) is 0 Å². The third-order valence-corrected chi connectivity index (χ3v) is 5.54. The number of para-hydroxylation sites is 1. The van der Waals surface area contributed by atoms with Crippen LogP contribution < -0.4 is 4.74 Å². The second kappa shape index (κ2) is 7.89. The lowest BCUT2D eigenvalue weighted by molar-refractivity contribution is -0.147. The zero-order chi connectivity index (χ0) is 24.0. The van der Waals surface area contributed by atoms with Crippen molar-refractivity contribution in [3.8, 4) is 23.0 Å². The minimum absolute atomic E-state index is 0.0615. The number of phenolic OH excluding ortho intramolecular Hbond substituents is 3. The molecule has 1 aliphatic rings. The number of phenols is 3. The summed E-state index contributed by atoms with van der Waals surface area (Å²) >= 11 is 0. The monoisotopic (exact) mass is 472 g/mol. The Kier molecular flexibility index (Phi) is 5.32. The first kappa shape index (κ1) is 22.3. The molecule has 1 aliphatic heterocycles. The highest BCUT2D eigenvalue weighted by atomic mass is 32.3. The second-order valence-corrected chi connectivity index (χ2v) is 8.19. The maximum Gasteiger partial charge on any atom is 0.401 e. The topological polar surface area (TPSA) is 168 Å². The molecule has 4 rings (SSSR count). The first-order valence-corrected chi connectivity index (χ1v) is 10.7. The smallest absolute Gasteiger partial charge is 0.401 e. The van der Waals surface area contributed by atoms with Gasteiger partial charge in [0.2, 0.25) is 0 Å². The number of hydrogen-bond donors (Lipinski definition) is 4. The molecule has 170 valence electrons. The van der Waals surface area contributed by atoms with E-state index in [0.717, 1.165) is 12.1 Å². The molecule has 0 aliphatic carbocycles. The van der Waals surface area contributed by atoms with Crippen LogP contribution in [0.25, 0.3) is 0 Å². The van der Waals surface area contributed by atoms with Gasteiger partial charge < -0.3 is 20.1 Å². The fourth-order valence-electron chi connectivity index (χ4n) is 3.68. The fraction of sp³-hybridized carbons (Fsp3) is 0.0909. The number of carbonyl (C=O) groups excluding carboxylic acids is 2. The SMILES string of the molecule is O=C(c1cc(O)c(O)c(O)c1)C1C(=O)c2ccccc2OC1(OS(=O)(=O)O)c1ccccc1. The lowest BCUT2D eigenvalue weighted by Gasteiger charge is -2.41. The molecule has 10 nitrogen and oxygen atoms in total. The van der Waals surface area contributed by atoms with E-state index in [0.29, 0.717) is 0 Å². The van der Waals surface area contributed by atoms with Gasteiger partial charge in [-0.25, -0.2) is 0 Å². The van der Waals surface area contributed by atoms with Gasteiger partial charge in [0.05, 0.1) is 5.56 Å². The van der Waals surface area contributed by atoms with Crippen LogP contribution in [0.3, 0.4) is 0 Å². The highest BCUT2D eigenvalue weighted by molar-refractivity contribution is 7.80. The summed E-state index contributed by atoms with van der Waals surface area (Å²) in [7, 11) is -5.30.